The zero-order chi connectivity index (χ0) is 14.0. The molecule has 0 spiro atoms. The number of aliphatic hydroxyl groups excluding tert-OH is 1. The largest absolute Gasteiger partial charge is 0.465 e. The van der Waals surface area contributed by atoms with Gasteiger partial charge in [-0.1, -0.05) is 0 Å². The molecule has 1 fully saturated rings. The van der Waals surface area contributed by atoms with E-state index in [9.17, 15) is 19.8 Å². The Morgan fingerprint density at radius 1 is 1.53 bits per heavy atom. The fraction of sp³-hybridized carbons (Fsp3) is 0.500. The lowest BCUT2D eigenvalue weighted by atomic mass is 9.91. The van der Waals surface area contributed by atoms with Crippen LogP contribution in [0.1, 0.15) is 24.2 Å². The van der Waals surface area contributed by atoms with Crippen molar-refractivity contribution in [2.45, 2.75) is 31.3 Å². The van der Waals surface area contributed by atoms with Crippen molar-refractivity contribution >= 4 is 11.8 Å². The van der Waals surface area contributed by atoms with Crippen LogP contribution < -0.4 is 0 Å². The van der Waals surface area contributed by atoms with Crippen molar-refractivity contribution in [1.29, 1.82) is 0 Å². The molecule has 1 aromatic heterocycles. The van der Waals surface area contributed by atoms with Crippen LogP contribution in [-0.4, -0.2) is 35.4 Å². The van der Waals surface area contributed by atoms with Gasteiger partial charge in [0.25, 0.3) is 5.60 Å². The summed E-state index contributed by atoms with van der Waals surface area (Å²) in [6, 6.07) is 1.48. The molecule has 0 saturated carbocycles. The predicted molar refractivity (Wildman–Crippen MR) is 59.7 cm³/mol. The number of ketones is 1. The number of carbonyl (C=O) groups excluding carboxylic acids is 2. The molecule has 0 aromatic carbocycles. The van der Waals surface area contributed by atoms with Crippen LogP contribution >= 0.6 is 0 Å². The van der Waals surface area contributed by atoms with Crippen molar-refractivity contribution in [2.75, 3.05) is 7.11 Å². The zero-order valence-electron chi connectivity index (χ0n) is 10.3. The summed E-state index contributed by atoms with van der Waals surface area (Å²) in [5.41, 5.74) is -2.17. The van der Waals surface area contributed by atoms with E-state index in [-0.39, 0.29) is 25.2 Å². The second-order valence-electron chi connectivity index (χ2n) is 4.24. The lowest BCUT2D eigenvalue weighted by Gasteiger charge is -2.21. The SMILES string of the molecule is COCc1ccoc1C1(O)C(=O)CCC(O)OC1=O. The first-order valence-corrected chi connectivity index (χ1v) is 5.70. The molecule has 2 heterocycles. The molecule has 0 bridgehead atoms. The topological polar surface area (TPSA) is 106 Å². The van der Waals surface area contributed by atoms with Crippen LogP contribution in [0.5, 0.6) is 0 Å². The van der Waals surface area contributed by atoms with Gasteiger partial charge in [-0.3, -0.25) is 4.79 Å². The maximum atomic E-state index is 12.0. The first kappa shape index (κ1) is 13.7. The van der Waals surface area contributed by atoms with E-state index in [0.29, 0.717) is 5.56 Å². The third-order valence-corrected chi connectivity index (χ3v) is 2.94. The van der Waals surface area contributed by atoms with Gasteiger partial charge >= 0.3 is 5.97 Å². The number of hydrogen-bond acceptors (Lipinski definition) is 7. The standard InChI is InChI=1S/C12H14O7/c1-17-6-7-4-5-18-10(7)12(16)8(13)2-3-9(14)19-11(12)15/h4-5,9,14,16H,2-3,6H2,1H3. The molecule has 7 nitrogen and oxygen atoms in total. The summed E-state index contributed by atoms with van der Waals surface area (Å²) >= 11 is 0. The molecule has 19 heavy (non-hydrogen) atoms. The molecular weight excluding hydrogens is 256 g/mol. The van der Waals surface area contributed by atoms with E-state index >= 15 is 0 Å². The van der Waals surface area contributed by atoms with E-state index in [1.807, 2.05) is 0 Å². The fourth-order valence-corrected chi connectivity index (χ4v) is 1.96. The molecular formula is C12H14O7. The number of Topliss-reactive ketones (excluding diaryl/α,β-unsaturated/α-hetero) is 1. The number of furan rings is 1. The normalized spacial score (nSPS) is 28.1. The Labute approximate surface area is 108 Å². The Kier molecular flexibility index (Phi) is 3.70. The Balaban J connectivity index is 2.45. The summed E-state index contributed by atoms with van der Waals surface area (Å²) in [4.78, 5) is 23.8. The number of ether oxygens (including phenoxy) is 2. The highest BCUT2D eigenvalue weighted by atomic mass is 16.6. The van der Waals surface area contributed by atoms with Crippen molar-refractivity contribution in [3.05, 3.63) is 23.7 Å². The minimum absolute atomic E-state index is 0.0623. The van der Waals surface area contributed by atoms with Crippen molar-refractivity contribution in [3.8, 4) is 0 Å². The minimum Gasteiger partial charge on any atom is -0.465 e. The summed E-state index contributed by atoms with van der Waals surface area (Å²) < 4.78 is 14.6. The summed E-state index contributed by atoms with van der Waals surface area (Å²) in [5.74, 6) is -2.24. The molecule has 2 unspecified atom stereocenters. The maximum absolute atomic E-state index is 12.0. The van der Waals surface area contributed by atoms with Gasteiger partial charge in [-0.25, -0.2) is 4.79 Å². The van der Waals surface area contributed by atoms with Crippen molar-refractivity contribution in [1.82, 2.24) is 0 Å². The lowest BCUT2D eigenvalue weighted by molar-refractivity contribution is -0.187. The molecule has 7 heteroatoms. The first-order valence-electron chi connectivity index (χ1n) is 5.70. The first-order chi connectivity index (χ1) is 9.00. The molecule has 0 aliphatic carbocycles. The highest BCUT2D eigenvalue weighted by Gasteiger charge is 2.53. The third-order valence-electron chi connectivity index (χ3n) is 2.94. The van der Waals surface area contributed by atoms with E-state index in [4.69, 9.17) is 9.15 Å². The monoisotopic (exact) mass is 270 g/mol. The van der Waals surface area contributed by atoms with E-state index in [1.54, 1.807) is 0 Å². The van der Waals surface area contributed by atoms with Gasteiger partial charge < -0.3 is 24.1 Å². The predicted octanol–water partition coefficient (Wildman–Crippen LogP) is -0.162. The number of aliphatic hydroxyl groups is 2. The highest BCUT2D eigenvalue weighted by molar-refractivity contribution is 6.07. The molecule has 0 radical (unpaired) electrons. The van der Waals surface area contributed by atoms with Gasteiger partial charge in [0.05, 0.1) is 12.9 Å². The zero-order valence-corrected chi connectivity index (χ0v) is 10.3. The van der Waals surface area contributed by atoms with Gasteiger partial charge in [0.2, 0.25) is 6.29 Å². The van der Waals surface area contributed by atoms with Crippen LogP contribution in [0.25, 0.3) is 0 Å². The fourth-order valence-electron chi connectivity index (χ4n) is 1.96. The van der Waals surface area contributed by atoms with Gasteiger partial charge in [-0.15, -0.1) is 0 Å². The van der Waals surface area contributed by atoms with Crippen LogP contribution in [0.4, 0.5) is 0 Å². The number of esters is 1. The molecule has 1 aliphatic rings. The average Bonchev–Trinajstić information content (AvgIpc) is 2.80. The minimum atomic E-state index is -2.53. The second kappa shape index (κ2) is 5.12. The number of hydrogen-bond donors (Lipinski definition) is 2. The number of methoxy groups -OCH3 is 1. The van der Waals surface area contributed by atoms with Gasteiger partial charge in [0, 0.05) is 25.5 Å². The molecule has 104 valence electrons. The van der Waals surface area contributed by atoms with Crippen LogP contribution in [0.15, 0.2) is 16.7 Å². The van der Waals surface area contributed by atoms with Gasteiger partial charge in [-0.2, -0.15) is 0 Å². The van der Waals surface area contributed by atoms with Crippen LogP contribution in [0.3, 0.4) is 0 Å². The Morgan fingerprint density at radius 2 is 2.26 bits per heavy atom. The molecule has 1 aromatic rings. The van der Waals surface area contributed by atoms with Crippen LogP contribution in [-0.2, 0) is 31.3 Å². The summed E-state index contributed by atoms with van der Waals surface area (Å²) in [5, 5.41) is 19.7. The van der Waals surface area contributed by atoms with Crippen molar-refractivity contribution in [3.63, 3.8) is 0 Å². The number of carbonyl (C=O) groups is 2. The van der Waals surface area contributed by atoms with Crippen molar-refractivity contribution < 1.29 is 33.7 Å². The highest BCUT2D eigenvalue weighted by Crippen LogP contribution is 2.32. The Morgan fingerprint density at radius 3 is 2.95 bits per heavy atom. The van der Waals surface area contributed by atoms with Crippen molar-refractivity contribution in [2.24, 2.45) is 0 Å². The maximum Gasteiger partial charge on any atom is 0.356 e. The smallest absolute Gasteiger partial charge is 0.356 e. The van der Waals surface area contributed by atoms with Crippen LogP contribution in [0.2, 0.25) is 0 Å². The second-order valence-corrected chi connectivity index (χ2v) is 4.24. The molecule has 0 amide bonds. The quantitative estimate of drug-likeness (QED) is 0.580. The molecule has 1 saturated heterocycles. The summed E-state index contributed by atoms with van der Waals surface area (Å²) in [7, 11) is 1.43. The Bertz CT molecular complexity index is 492. The van der Waals surface area contributed by atoms with E-state index in [1.165, 1.54) is 19.4 Å². The number of cyclic esters (lactones) is 1. The van der Waals surface area contributed by atoms with Gasteiger partial charge in [-0.05, 0) is 6.07 Å². The summed E-state index contributed by atoms with van der Waals surface area (Å²) in [6.07, 6.45) is -0.431. The third kappa shape index (κ3) is 2.27. The molecule has 1 aliphatic heterocycles. The molecule has 2 N–H and O–H groups in total. The Hall–Kier alpha value is -1.70. The molecule has 2 atom stereocenters. The number of rotatable bonds is 3. The van der Waals surface area contributed by atoms with Crippen LogP contribution in [0, 0.1) is 0 Å². The molecule has 2 rings (SSSR count). The van der Waals surface area contributed by atoms with Gasteiger partial charge in [0.1, 0.15) is 0 Å². The summed E-state index contributed by atoms with van der Waals surface area (Å²) in [6.45, 7) is 0.0667. The average molecular weight is 270 g/mol. The van der Waals surface area contributed by atoms with E-state index in [0.717, 1.165) is 0 Å². The van der Waals surface area contributed by atoms with Gasteiger partial charge in [0.15, 0.2) is 11.5 Å². The van der Waals surface area contributed by atoms with E-state index < -0.39 is 23.6 Å². The lowest BCUT2D eigenvalue weighted by Crippen LogP contribution is -2.44. The van der Waals surface area contributed by atoms with E-state index in [2.05, 4.69) is 4.74 Å².